The molecule has 1 aromatic heterocycles. The van der Waals surface area contributed by atoms with Crippen LogP contribution in [0.15, 0.2) is 33.5 Å². The second kappa shape index (κ2) is 8.62. The Hall–Kier alpha value is -2.96. The number of esters is 1. The summed E-state index contributed by atoms with van der Waals surface area (Å²) in [7, 11) is 2.76. The number of carbonyl (C=O) groups excluding carboxylic acids is 1. The lowest BCUT2D eigenvalue weighted by Crippen LogP contribution is -2.18. The molecule has 0 saturated carbocycles. The number of rotatable bonds is 7. The van der Waals surface area contributed by atoms with E-state index in [2.05, 4.69) is 0 Å². The molecule has 2 aromatic rings. The van der Waals surface area contributed by atoms with E-state index in [1.807, 2.05) is 13.8 Å². The normalized spacial score (nSPS) is 11.9. The van der Waals surface area contributed by atoms with Gasteiger partial charge in [0, 0.05) is 12.0 Å². The highest BCUT2D eigenvalue weighted by Gasteiger charge is 2.27. The Morgan fingerprint density at radius 1 is 1.19 bits per heavy atom. The van der Waals surface area contributed by atoms with Gasteiger partial charge in [-0.1, -0.05) is 6.07 Å². The minimum atomic E-state index is -0.767. The van der Waals surface area contributed by atoms with Gasteiger partial charge in [0.1, 0.15) is 11.5 Å². The van der Waals surface area contributed by atoms with Gasteiger partial charge in [-0.3, -0.25) is 4.79 Å². The van der Waals surface area contributed by atoms with Crippen molar-refractivity contribution in [2.24, 2.45) is 0 Å². The number of benzene rings is 1. The molecule has 0 aliphatic heterocycles. The summed E-state index contributed by atoms with van der Waals surface area (Å²) in [4.78, 5) is 24.3. The zero-order chi connectivity index (χ0) is 20.1. The maximum atomic E-state index is 12.4. The molecule has 1 atom stereocenters. The molecule has 27 heavy (non-hydrogen) atoms. The summed E-state index contributed by atoms with van der Waals surface area (Å²) in [5.41, 5.74) is -0.131. The first kappa shape index (κ1) is 20.4. The van der Waals surface area contributed by atoms with Gasteiger partial charge in [0.25, 0.3) is 0 Å². The summed E-state index contributed by atoms with van der Waals surface area (Å²) in [6, 6.07) is 6.43. The summed E-state index contributed by atoms with van der Waals surface area (Å²) < 4.78 is 20.9. The summed E-state index contributed by atoms with van der Waals surface area (Å²) in [5.74, 6) is -0.270. The molecule has 1 aromatic carbocycles. The fraction of sp³-hybridized carbons (Fsp3) is 0.400. The van der Waals surface area contributed by atoms with Crippen molar-refractivity contribution in [1.29, 1.82) is 0 Å². The second-order valence-corrected chi connectivity index (χ2v) is 6.35. The van der Waals surface area contributed by atoms with Crippen LogP contribution in [0.1, 0.15) is 43.1 Å². The van der Waals surface area contributed by atoms with Crippen molar-refractivity contribution < 1.29 is 28.5 Å². The molecule has 2 rings (SSSR count). The fourth-order valence-corrected chi connectivity index (χ4v) is 2.82. The SMILES string of the molecule is COC(=O)C[C@@H](c1ccc(OC(C)C)c(OC)c1)c1c(O)cc(C)oc1=O. The van der Waals surface area contributed by atoms with Gasteiger partial charge in [-0.15, -0.1) is 0 Å². The van der Waals surface area contributed by atoms with Crippen LogP contribution in [0.4, 0.5) is 0 Å². The zero-order valence-corrected chi connectivity index (χ0v) is 16.1. The number of aryl methyl sites for hydroxylation is 1. The first-order valence-electron chi connectivity index (χ1n) is 8.51. The molecule has 0 radical (unpaired) electrons. The maximum Gasteiger partial charge on any atom is 0.343 e. The molecule has 0 spiro atoms. The van der Waals surface area contributed by atoms with Crippen LogP contribution in [0.25, 0.3) is 0 Å². The van der Waals surface area contributed by atoms with Crippen molar-refractivity contribution in [3.8, 4) is 17.2 Å². The van der Waals surface area contributed by atoms with Crippen LogP contribution in [0.2, 0.25) is 0 Å². The van der Waals surface area contributed by atoms with Crippen molar-refractivity contribution in [2.75, 3.05) is 14.2 Å². The van der Waals surface area contributed by atoms with Crippen LogP contribution in [-0.2, 0) is 9.53 Å². The van der Waals surface area contributed by atoms with Gasteiger partial charge >= 0.3 is 11.6 Å². The van der Waals surface area contributed by atoms with Crippen molar-refractivity contribution in [3.63, 3.8) is 0 Å². The molecule has 0 aliphatic rings. The quantitative estimate of drug-likeness (QED) is 0.742. The Bertz CT molecular complexity index is 867. The fourth-order valence-electron chi connectivity index (χ4n) is 2.82. The first-order chi connectivity index (χ1) is 12.8. The average molecular weight is 376 g/mol. The highest BCUT2D eigenvalue weighted by molar-refractivity contribution is 5.71. The summed E-state index contributed by atoms with van der Waals surface area (Å²) in [5, 5.41) is 10.3. The van der Waals surface area contributed by atoms with Crippen LogP contribution in [0, 0.1) is 6.92 Å². The molecule has 7 nitrogen and oxygen atoms in total. The molecule has 0 saturated heterocycles. The Labute approximate surface area is 157 Å². The molecule has 0 amide bonds. The van der Waals surface area contributed by atoms with Crippen LogP contribution >= 0.6 is 0 Å². The van der Waals surface area contributed by atoms with Gasteiger partial charge < -0.3 is 23.7 Å². The Morgan fingerprint density at radius 3 is 2.44 bits per heavy atom. The second-order valence-electron chi connectivity index (χ2n) is 6.35. The lowest BCUT2D eigenvalue weighted by atomic mass is 9.88. The average Bonchev–Trinajstić information content (AvgIpc) is 2.59. The van der Waals surface area contributed by atoms with Gasteiger partial charge in [0.2, 0.25) is 0 Å². The third-order valence-corrected chi connectivity index (χ3v) is 3.99. The van der Waals surface area contributed by atoms with Crippen LogP contribution < -0.4 is 15.1 Å². The maximum absolute atomic E-state index is 12.4. The molecule has 1 N–H and O–H groups in total. The molecule has 0 aliphatic carbocycles. The number of carbonyl (C=O) groups is 1. The number of hydrogen-bond donors (Lipinski definition) is 1. The minimum absolute atomic E-state index is 0.00872. The third-order valence-electron chi connectivity index (χ3n) is 3.99. The molecule has 146 valence electrons. The zero-order valence-electron chi connectivity index (χ0n) is 16.1. The molecule has 0 fully saturated rings. The molecule has 0 bridgehead atoms. The number of aromatic hydroxyl groups is 1. The van der Waals surface area contributed by atoms with Crippen molar-refractivity contribution in [3.05, 3.63) is 51.6 Å². The largest absolute Gasteiger partial charge is 0.507 e. The van der Waals surface area contributed by atoms with E-state index in [0.29, 0.717) is 17.1 Å². The Balaban J connectivity index is 2.59. The standard InChI is InChI=1S/C20H24O7/c1-11(2)26-16-7-6-13(9-17(16)24-4)14(10-18(22)25-5)19-15(21)8-12(3)27-20(19)23/h6-9,11,14,21H,10H2,1-5H3/t14-/m0/s1. The van der Waals surface area contributed by atoms with Crippen LogP contribution in [-0.4, -0.2) is 31.4 Å². The minimum Gasteiger partial charge on any atom is -0.507 e. The Kier molecular flexibility index (Phi) is 6.50. The third kappa shape index (κ3) is 4.81. The summed E-state index contributed by atoms with van der Waals surface area (Å²) >= 11 is 0. The molecular formula is C20H24O7. The molecule has 1 heterocycles. The lowest BCUT2D eigenvalue weighted by Gasteiger charge is -2.19. The van der Waals surface area contributed by atoms with Crippen molar-refractivity contribution >= 4 is 5.97 Å². The van der Waals surface area contributed by atoms with E-state index in [-0.39, 0.29) is 29.6 Å². The van der Waals surface area contributed by atoms with E-state index in [1.54, 1.807) is 25.1 Å². The predicted molar refractivity (Wildman–Crippen MR) is 98.6 cm³/mol. The summed E-state index contributed by atoms with van der Waals surface area (Å²) in [6.45, 7) is 5.34. The van der Waals surface area contributed by atoms with E-state index in [9.17, 15) is 14.7 Å². The van der Waals surface area contributed by atoms with E-state index >= 15 is 0 Å². The summed E-state index contributed by atoms with van der Waals surface area (Å²) in [6.07, 6.45) is -0.199. The topological polar surface area (TPSA) is 95.2 Å². The van der Waals surface area contributed by atoms with E-state index < -0.39 is 17.5 Å². The van der Waals surface area contributed by atoms with Gasteiger partial charge in [0.05, 0.1) is 32.3 Å². The number of hydrogen-bond acceptors (Lipinski definition) is 7. The van der Waals surface area contributed by atoms with Gasteiger partial charge in [0.15, 0.2) is 11.5 Å². The van der Waals surface area contributed by atoms with E-state index in [4.69, 9.17) is 18.6 Å². The van der Waals surface area contributed by atoms with Crippen molar-refractivity contribution in [1.82, 2.24) is 0 Å². The number of ether oxygens (including phenoxy) is 3. The highest BCUT2D eigenvalue weighted by Crippen LogP contribution is 2.37. The molecule has 0 unspecified atom stereocenters. The van der Waals surface area contributed by atoms with Gasteiger partial charge in [-0.2, -0.15) is 0 Å². The van der Waals surface area contributed by atoms with Gasteiger partial charge in [-0.05, 0) is 38.5 Å². The first-order valence-corrected chi connectivity index (χ1v) is 8.51. The van der Waals surface area contributed by atoms with Crippen LogP contribution in [0.5, 0.6) is 17.2 Å². The molecule has 7 heteroatoms. The van der Waals surface area contributed by atoms with Gasteiger partial charge in [-0.25, -0.2) is 4.79 Å². The van der Waals surface area contributed by atoms with Crippen LogP contribution in [0.3, 0.4) is 0 Å². The van der Waals surface area contributed by atoms with E-state index in [1.165, 1.54) is 20.3 Å². The van der Waals surface area contributed by atoms with E-state index in [0.717, 1.165) is 0 Å². The highest BCUT2D eigenvalue weighted by atomic mass is 16.5. The smallest absolute Gasteiger partial charge is 0.343 e. The number of methoxy groups -OCH3 is 2. The predicted octanol–water partition coefficient (Wildman–Crippen LogP) is 3.14. The molecular weight excluding hydrogens is 352 g/mol. The lowest BCUT2D eigenvalue weighted by molar-refractivity contribution is -0.140. The Morgan fingerprint density at radius 2 is 1.89 bits per heavy atom. The monoisotopic (exact) mass is 376 g/mol. The van der Waals surface area contributed by atoms with Crippen molar-refractivity contribution in [2.45, 2.75) is 39.2 Å².